The van der Waals surface area contributed by atoms with E-state index in [0.29, 0.717) is 54.9 Å². The number of hydrogen-bond acceptors (Lipinski definition) is 9. The number of nitrogens with zero attached hydrogens (tertiary/aromatic N) is 3. The number of unbranched alkanes of at least 4 members (excludes halogenated alkanes) is 1. The first-order chi connectivity index (χ1) is 21.0. The van der Waals surface area contributed by atoms with Gasteiger partial charge in [0.25, 0.3) is 5.91 Å². The summed E-state index contributed by atoms with van der Waals surface area (Å²) in [7, 11) is -0.711. The molecule has 44 heavy (non-hydrogen) atoms. The molecule has 1 fully saturated rings. The van der Waals surface area contributed by atoms with E-state index < -0.39 is 22.5 Å². The van der Waals surface area contributed by atoms with Gasteiger partial charge in [-0.15, -0.1) is 0 Å². The highest BCUT2D eigenvalue weighted by Gasteiger charge is 2.18. The van der Waals surface area contributed by atoms with Crippen molar-refractivity contribution in [2.45, 2.75) is 59.1 Å². The Labute approximate surface area is 262 Å². The van der Waals surface area contributed by atoms with E-state index in [1.165, 1.54) is 0 Å². The third kappa shape index (κ3) is 12.8. The molecule has 0 saturated carbocycles. The van der Waals surface area contributed by atoms with Crippen molar-refractivity contribution in [3.8, 4) is 0 Å². The number of carbonyl (C=O) groups is 3. The molecule has 0 spiro atoms. The van der Waals surface area contributed by atoms with Gasteiger partial charge in [0.15, 0.2) is 0 Å². The molecule has 2 aromatic rings. The third-order valence-corrected chi connectivity index (χ3v) is 7.85. The monoisotopic (exact) mass is 630 g/mol. The van der Waals surface area contributed by atoms with Gasteiger partial charge in [0.1, 0.15) is 17.2 Å². The molecule has 4 amide bonds. The lowest BCUT2D eigenvalue weighted by Gasteiger charge is -2.26. The Balaban J connectivity index is 1.33. The number of carbonyl (C=O) groups excluding carboxylic acids is 3. The van der Waals surface area contributed by atoms with Gasteiger partial charge in [0.05, 0.1) is 5.56 Å². The highest BCUT2D eigenvalue weighted by atomic mass is 32.2. The number of aryl methyl sites for hydroxylation is 1. The Hall–Kier alpha value is -3.78. The minimum Gasteiger partial charge on any atom is -0.444 e. The Kier molecular flexibility index (Phi) is 13.8. The Bertz CT molecular complexity index is 1260. The lowest BCUT2D eigenvalue weighted by Crippen LogP contribution is -2.42. The fraction of sp³-hybridized carbons (Fsp3) is 0.567. The summed E-state index contributed by atoms with van der Waals surface area (Å²) in [5.74, 6) is 2.15. The molecular formula is C30H46N8O5S. The number of pyridine rings is 2. The zero-order valence-corrected chi connectivity index (χ0v) is 27.0. The SMILES string of the molecule is CCNc1nc(CCCCNC(=O)NCc2ccc(NC(=O)OC(C)(C)C)nc2)ccc1C(=O)NCCN1CCS(=O)CC1. The standard InChI is InChI=1S/C30H46N8O5S/c1-5-31-26-24(27(39)32-14-15-38-16-18-44(42)19-17-38)11-10-23(36-26)8-6-7-13-33-28(40)35-21-22-9-12-25(34-20-22)37-29(41)43-30(2,3)4/h9-12,20H,5-8,13-19,21H2,1-4H3,(H,31,36)(H,32,39)(H2,33,35,40)(H,34,37,41). The van der Waals surface area contributed by atoms with Crippen LogP contribution in [0.3, 0.4) is 0 Å². The van der Waals surface area contributed by atoms with Gasteiger partial charge in [0, 0.05) is 80.0 Å². The van der Waals surface area contributed by atoms with Gasteiger partial charge in [0.2, 0.25) is 0 Å². The second kappa shape index (κ2) is 17.5. The van der Waals surface area contributed by atoms with Gasteiger partial charge in [-0.3, -0.25) is 19.2 Å². The van der Waals surface area contributed by atoms with Crippen molar-refractivity contribution < 1.29 is 23.3 Å². The van der Waals surface area contributed by atoms with Crippen LogP contribution in [-0.2, 0) is 28.5 Å². The van der Waals surface area contributed by atoms with Crippen LogP contribution in [0.2, 0.25) is 0 Å². The number of nitrogens with one attached hydrogen (secondary N) is 5. The van der Waals surface area contributed by atoms with Crippen molar-refractivity contribution in [3.05, 3.63) is 47.3 Å². The molecule has 1 aliphatic rings. The van der Waals surface area contributed by atoms with E-state index in [0.717, 1.165) is 50.2 Å². The number of amides is 4. The van der Waals surface area contributed by atoms with Crippen molar-refractivity contribution in [1.82, 2.24) is 30.8 Å². The van der Waals surface area contributed by atoms with Crippen LogP contribution in [0.15, 0.2) is 30.5 Å². The minimum atomic E-state index is -0.711. The molecule has 0 bridgehead atoms. The molecule has 1 aliphatic heterocycles. The van der Waals surface area contributed by atoms with Crippen molar-refractivity contribution in [1.29, 1.82) is 0 Å². The van der Waals surface area contributed by atoms with Crippen molar-refractivity contribution in [2.75, 3.05) is 61.4 Å². The van der Waals surface area contributed by atoms with Crippen LogP contribution in [0.4, 0.5) is 21.2 Å². The maximum absolute atomic E-state index is 12.8. The van der Waals surface area contributed by atoms with Crippen LogP contribution in [0.5, 0.6) is 0 Å². The molecule has 3 heterocycles. The molecule has 0 atom stereocenters. The molecule has 5 N–H and O–H groups in total. The highest BCUT2D eigenvalue weighted by molar-refractivity contribution is 7.85. The Morgan fingerprint density at radius 1 is 1.00 bits per heavy atom. The molecule has 2 aromatic heterocycles. The normalized spacial score (nSPS) is 14.0. The summed E-state index contributed by atoms with van der Waals surface area (Å²) in [6.45, 7) is 11.6. The Morgan fingerprint density at radius 2 is 1.77 bits per heavy atom. The zero-order chi connectivity index (χ0) is 32.0. The van der Waals surface area contributed by atoms with Crippen LogP contribution in [0.1, 0.15) is 62.2 Å². The second-order valence-electron chi connectivity index (χ2n) is 11.4. The summed E-state index contributed by atoms with van der Waals surface area (Å²) in [5.41, 5.74) is 1.58. The molecule has 0 unspecified atom stereocenters. The number of anilines is 2. The topological polar surface area (TPSA) is 167 Å². The van der Waals surface area contributed by atoms with Crippen molar-refractivity contribution >= 4 is 40.5 Å². The first-order valence-corrected chi connectivity index (χ1v) is 16.6. The number of urea groups is 1. The smallest absolute Gasteiger partial charge is 0.413 e. The van der Waals surface area contributed by atoms with E-state index in [2.05, 4.69) is 41.5 Å². The zero-order valence-electron chi connectivity index (χ0n) is 26.2. The summed E-state index contributed by atoms with van der Waals surface area (Å²) >= 11 is 0. The van der Waals surface area contributed by atoms with Gasteiger partial charge in [-0.2, -0.15) is 0 Å². The van der Waals surface area contributed by atoms with Gasteiger partial charge in [-0.1, -0.05) is 6.07 Å². The van der Waals surface area contributed by atoms with E-state index in [1.807, 2.05) is 13.0 Å². The van der Waals surface area contributed by atoms with Crippen LogP contribution >= 0.6 is 0 Å². The van der Waals surface area contributed by atoms with E-state index >= 15 is 0 Å². The van der Waals surface area contributed by atoms with E-state index in [9.17, 15) is 18.6 Å². The van der Waals surface area contributed by atoms with Gasteiger partial charge >= 0.3 is 12.1 Å². The van der Waals surface area contributed by atoms with Gasteiger partial charge in [-0.05, 0) is 70.7 Å². The molecule has 0 radical (unpaired) electrons. The van der Waals surface area contributed by atoms with E-state index in [1.54, 1.807) is 45.2 Å². The lowest BCUT2D eigenvalue weighted by molar-refractivity contribution is 0.0635. The van der Waals surface area contributed by atoms with E-state index in [4.69, 9.17) is 4.74 Å². The van der Waals surface area contributed by atoms with Crippen LogP contribution in [0, 0.1) is 0 Å². The molecule has 14 heteroatoms. The van der Waals surface area contributed by atoms with Crippen LogP contribution in [-0.4, -0.2) is 93.5 Å². The summed E-state index contributed by atoms with van der Waals surface area (Å²) in [6, 6.07) is 6.82. The fourth-order valence-electron chi connectivity index (χ4n) is 4.34. The average molecular weight is 631 g/mol. The number of hydrogen-bond donors (Lipinski definition) is 5. The lowest BCUT2D eigenvalue weighted by atomic mass is 10.1. The number of aromatic nitrogens is 2. The predicted octanol–water partition coefficient (Wildman–Crippen LogP) is 2.87. The van der Waals surface area contributed by atoms with Crippen LogP contribution in [0.25, 0.3) is 0 Å². The van der Waals surface area contributed by atoms with Crippen molar-refractivity contribution in [3.63, 3.8) is 0 Å². The summed E-state index contributed by atoms with van der Waals surface area (Å²) < 4.78 is 16.7. The average Bonchev–Trinajstić information content (AvgIpc) is 2.97. The van der Waals surface area contributed by atoms with Crippen LogP contribution < -0.4 is 26.6 Å². The van der Waals surface area contributed by atoms with Gasteiger partial charge in [-0.25, -0.2) is 19.6 Å². The first-order valence-electron chi connectivity index (χ1n) is 15.1. The molecule has 1 saturated heterocycles. The molecule has 0 aromatic carbocycles. The predicted molar refractivity (Wildman–Crippen MR) is 172 cm³/mol. The summed E-state index contributed by atoms with van der Waals surface area (Å²) in [6.07, 6.45) is 3.31. The highest BCUT2D eigenvalue weighted by Crippen LogP contribution is 2.15. The Morgan fingerprint density at radius 3 is 2.45 bits per heavy atom. The van der Waals surface area contributed by atoms with Gasteiger partial charge < -0.3 is 26.0 Å². The number of ether oxygens (including phenoxy) is 1. The molecule has 0 aliphatic carbocycles. The fourth-order valence-corrected chi connectivity index (χ4v) is 5.46. The minimum absolute atomic E-state index is 0.167. The molecule has 13 nitrogen and oxygen atoms in total. The third-order valence-electron chi connectivity index (χ3n) is 6.58. The second-order valence-corrected chi connectivity index (χ2v) is 13.1. The quantitative estimate of drug-likeness (QED) is 0.197. The first kappa shape index (κ1) is 34.7. The largest absolute Gasteiger partial charge is 0.444 e. The molecule has 242 valence electrons. The maximum atomic E-state index is 12.8. The van der Waals surface area contributed by atoms with E-state index in [-0.39, 0.29) is 11.9 Å². The number of rotatable bonds is 14. The maximum Gasteiger partial charge on any atom is 0.413 e. The molecule has 3 rings (SSSR count). The van der Waals surface area contributed by atoms with Crippen molar-refractivity contribution in [2.24, 2.45) is 0 Å². The summed E-state index contributed by atoms with van der Waals surface area (Å²) in [4.78, 5) is 47.9. The molecular weight excluding hydrogens is 584 g/mol. The summed E-state index contributed by atoms with van der Waals surface area (Å²) in [5, 5.41) is 14.4.